The Morgan fingerprint density at radius 1 is 1.15 bits per heavy atom. The molecule has 2 aromatic carbocycles. The van der Waals surface area contributed by atoms with Gasteiger partial charge in [0.2, 0.25) is 0 Å². The number of halogens is 1. The van der Waals surface area contributed by atoms with E-state index >= 15 is 4.39 Å². The van der Waals surface area contributed by atoms with Gasteiger partial charge >= 0.3 is 6.01 Å². The van der Waals surface area contributed by atoms with Gasteiger partial charge in [-0.15, -0.1) is 0 Å². The first-order valence-corrected chi connectivity index (χ1v) is 13.5. The molecule has 202 valence electrons. The fourth-order valence-electron chi connectivity index (χ4n) is 6.36. The molecule has 0 radical (unpaired) electrons. The molecule has 3 aliphatic heterocycles. The Balaban J connectivity index is 1.35. The first-order chi connectivity index (χ1) is 18.9. The number of aromatic hydroxyl groups is 1. The average molecular weight is 531 g/mol. The van der Waals surface area contributed by atoms with Crippen molar-refractivity contribution in [3.63, 3.8) is 0 Å². The third kappa shape index (κ3) is 4.32. The van der Waals surface area contributed by atoms with E-state index in [4.69, 9.17) is 9.72 Å². The molecule has 0 saturated carbocycles. The van der Waals surface area contributed by atoms with E-state index in [9.17, 15) is 10.2 Å². The quantitative estimate of drug-likeness (QED) is 0.359. The summed E-state index contributed by atoms with van der Waals surface area (Å²) in [5.74, 6) is -0.0000917. The molecule has 3 aliphatic rings. The summed E-state index contributed by atoms with van der Waals surface area (Å²) in [6.45, 7) is 2.61. The molecule has 3 N–H and O–H groups in total. The smallest absolute Gasteiger partial charge is 0.319 e. The number of likely N-dealkylation sites (N-methyl/N-ethyl adjacent to an activating group) is 1. The minimum Gasteiger partial charge on any atom is -0.508 e. The number of phenolic OH excluding ortho intramolecular Hbond substituents is 1. The maximum absolute atomic E-state index is 16.4. The zero-order valence-electron chi connectivity index (χ0n) is 21.7. The molecule has 5 heterocycles. The second-order valence-electron chi connectivity index (χ2n) is 11.0. The van der Waals surface area contributed by atoms with Gasteiger partial charge < -0.3 is 30.1 Å². The maximum atomic E-state index is 16.4. The number of hydrogen-bond donors (Lipinski definition) is 3. The number of aliphatic hydroxyl groups excluding tert-OH is 1. The van der Waals surface area contributed by atoms with Gasteiger partial charge in [0.05, 0.1) is 17.5 Å². The summed E-state index contributed by atoms with van der Waals surface area (Å²) in [5, 5.41) is 26.3. The molecule has 2 aromatic heterocycles. The minimum atomic E-state index is -0.590. The van der Waals surface area contributed by atoms with Crippen LogP contribution in [0.5, 0.6) is 11.8 Å². The molecule has 4 aromatic rings. The van der Waals surface area contributed by atoms with Gasteiger partial charge in [0, 0.05) is 36.9 Å². The number of benzene rings is 2. The Kier molecular flexibility index (Phi) is 5.98. The summed E-state index contributed by atoms with van der Waals surface area (Å²) in [7, 11) is 2.08. The second kappa shape index (κ2) is 9.55. The minimum absolute atomic E-state index is 0.0351. The predicted octanol–water partition coefficient (Wildman–Crippen LogP) is 3.07. The van der Waals surface area contributed by atoms with E-state index in [2.05, 4.69) is 32.1 Å². The maximum Gasteiger partial charge on any atom is 0.319 e. The monoisotopic (exact) mass is 530 g/mol. The highest BCUT2D eigenvalue weighted by Crippen LogP contribution is 2.37. The summed E-state index contributed by atoms with van der Waals surface area (Å²) >= 11 is 0. The summed E-state index contributed by atoms with van der Waals surface area (Å²) in [6, 6.07) is 11.1. The first-order valence-electron chi connectivity index (χ1n) is 13.5. The van der Waals surface area contributed by atoms with Crippen molar-refractivity contribution in [2.45, 2.75) is 43.5 Å². The zero-order valence-corrected chi connectivity index (χ0v) is 21.7. The Bertz CT molecular complexity index is 1570. The van der Waals surface area contributed by atoms with Crippen LogP contribution in [-0.4, -0.2) is 87.6 Å². The number of likely N-dealkylation sites (tertiary alicyclic amines) is 1. The number of aliphatic hydroxyl groups is 1. The normalized spacial score (nSPS) is 25.2. The van der Waals surface area contributed by atoms with E-state index in [-0.39, 0.29) is 41.1 Å². The van der Waals surface area contributed by atoms with Crippen molar-refractivity contribution in [2.75, 3.05) is 38.2 Å². The van der Waals surface area contributed by atoms with Crippen LogP contribution in [0.15, 0.2) is 42.6 Å². The molecule has 7 rings (SSSR count). The van der Waals surface area contributed by atoms with Gasteiger partial charge in [-0.05, 0) is 55.8 Å². The topological polar surface area (TPSA) is 107 Å². The van der Waals surface area contributed by atoms with Gasteiger partial charge in [-0.2, -0.15) is 9.97 Å². The molecule has 0 spiro atoms. The molecule has 0 aliphatic carbocycles. The lowest BCUT2D eigenvalue weighted by Gasteiger charge is -2.34. The van der Waals surface area contributed by atoms with Gasteiger partial charge in [-0.3, -0.25) is 4.98 Å². The van der Waals surface area contributed by atoms with Gasteiger partial charge in [-0.1, -0.05) is 24.3 Å². The fraction of sp³-hybridized carbons (Fsp3) is 0.414. The SMILES string of the molecule is CN1CCCC1COc1nc(N2CC3CC(O)C(C2)N3)c2cnc(-c3cc(O)cc4ccccc34)c(F)c2n1. The summed E-state index contributed by atoms with van der Waals surface area (Å²) in [6.07, 6.45) is 3.99. The Hall–Kier alpha value is -3.60. The molecule has 0 amide bonds. The molecule has 9 nitrogen and oxygen atoms in total. The lowest BCUT2D eigenvalue weighted by atomic mass is 10.00. The van der Waals surface area contributed by atoms with E-state index in [0.29, 0.717) is 42.9 Å². The molecular weight excluding hydrogens is 499 g/mol. The van der Waals surface area contributed by atoms with Crippen LogP contribution in [0.2, 0.25) is 0 Å². The van der Waals surface area contributed by atoms with Gasteiger partial charge in [0.15, 0.2) is 5.82 Å². The summed E-state index contributed by atoms with van der Waals surface area (Å²) in [4.78, 5) is 18.2. The van der Waals surface area contributed by atoms with Crippen molar-refractivity contribution in [3.05, 3.63) is 48.4 Å². The molecule has 4 atom stereocenters. The Morgan fingerprint density at radius 3 is 2.85 bits per heavy atom. The number of piperazine rings is 1. The van der Waals surface area contributed by atoms with Crippen molar-refractivity contribution in [2.24, 2.45) is 0 Å². The summed E-state index contributed by atoms with van der Waals surface area (Å²) < 4.78 is 22.5. The standard InChI is InChI=1S/C29H31FN6O3/c1-35-8-4-6-18(35)15-39-29-33-27-22(28(34-29)36-13-17-10-24(38)23(14-36)32-17)12-31-26(25(27)30)21-11-19(37)9-16-5-2-3-7-20(16)21/h2-3,5,7,9,11-12,17-18,23-24,32,37-38H,4,6,8,10,13-15H2,1H3. The first kappa shape index (κ1) is 24.4. The number of pyridine rings is 1. The van der Waals surface area contributed by atoms with Crippen LogP contribution in [0.4, 0.5) is 10.2 Å². The van der Waals surface area contributed by atoms with Gasteiger partial charge in [0.25, 0.3) is 0 Å². The van der Waals surface area contributed by atoms with Crippen molar-refractivity contribution < 1.29 is 19.3 Å². The fourth-order valence-corrected chi connectivity index (χ4v) is 6.36. The number of hydrogen-bond acceptors (Lipinski definition) is 9. The number of ether oxygens (including phenoxy) is 1. The highest BCUT2D eigenvalue weighted by Gasteiger charge is 2.40. The van der Waals surface area contributed by atoms with Crippen LogP contribution in [-0.2, 0) is 0 Å². The number of phenols is 1. The van der Waals surface area contributed by atoms with Crippen molar-refractivity contribution in [1.29, 1.82) is 0 Å². The van der Waals surface area contributed by atoms with Crippen molar-refractivity contribution in [1.82, 2.24) is 25.2 Å². The second-order valence-corrected chi connectivity index (χ2v) is 11.0. The lowest BCUT2D eigenvalue weighted by molar-refractivity contribution is 0.163. The molecule has 4 unspecified atom stereocenters. The summed E-state index contributed by atoms with van der Waals surface area (Å²) in [5.41, 5.74) is 0.721. The van der Waals surface area contributed by atoms with E-state index in [0.717, 1.165) is 30.2 Å². The molecule has 10 heteroatoms. The van der Waals surface area contributed by atoms with Crippen molar-refractivity contribution in [3.8, 4) is 23.0 Å². The molecule has 39 heavy (non-hydrogen) atoms. The van der Waals surface area contributed by atoms with E-state index in [1.165, 1.54) is 6.07 Å². The van der Waals surface area contributed by atoms with Crippen LogP contribution in [0.1, 0.15) is 19.3 Å². The average Bonchev–Trinajstić information content (AvgIpc) is 3.46. The van der Waals surface area contributed by atoms with Crippen LogP contribution in [0.25, 0.3) is 32.9 Å². The van der Waals surface area contributed by atoms with Gasteiger partial charge in [0.1, 0.15) is 29.4 Å². The number of nitrogens with zero attached hydrogens (tertiary/aromatic N) is 5. The highest BCUT2D eigenvalue weighted by atomic mass is 19.1. The van der Waals surface area contributed by atoms with Crippen LogP contribution in [0.3, 0.4) is 0 Å². The van der Waals surface area contributed by atoms with Gasteiger partial charge in [-0.25, -0.2) is 4.39 Å². The number of aromatic nitrogens is 3. The number of anilines is 1. The zero-order chi connectivity index (χ0) is 26.7. The van der Waals surface area contributed by atoms with Crippen LogP contribution in [0, 0.1) is 5.82 Å². The number of rotatable bonds is 5. The molecular formula is C29H31FN6O3. The largest absolute Gasteiger partial charge is 0.508 e. The van der Waals surface area contributed by atoms with E-state index in [1.807, 2.05) is 24.3 Å². The van der Waals surface area contributed by atoms with Crippen LogP contribution >= 0.6 is 0 Å². The third-order valence-electron chi connectivity index (χ3n) is 8.42. The third-order valence-corrected chi connectivity index (χ3v) is 8.42. The lowest BCUT2D eigenvalue weighted by Crippen LogP contribution is -2.53. The van der Waals surface area contributed by atoms with Crippen LogP contribution < -0.4 is 15.0 Å². The molecule has 3 fully saturated rings. The molecule has 2 bridgehead atoms. The molecule has 3 saturated heterocycles. The predicted molar refractivity (Wildman–Crippen MR) is 147 cm³/mol. The number of fused-ring (bicyclic) bond motifs is 4. The van der Waals surface area contributed by atoms with E-state index < -0.39 is 11.9 Å². The van der Waals surface area contributed by atoms with E-state index in [1.54, 1.807) is 12.3 Å². The Morgan fingerprint density at radius 2 is 2.03 bits per heavy atom. The highest BCUT2D eigenvalue weighted by molar-refractivity contribution is 5.99. The Labute approximate surface area is 225 Å². The van der Waals surface area contributed by atoms with Crippen molar-refractivity contribution >= 4 is 27.5 Å². The number of nitrogens with one attached hydrogen (secondary N) is 1.